The second kappa shape index (κ2) is 25.6. The summed E-state index contributed by atoms with van der Waals surface area (Å²) in [6.07, 6.45) is 24.8. The molecule has 0 bridgehead atoms. The SMILES string of the molecule is CCCCCCCCCCCCCCCCOC(=O)CCCCC(=O)OC(CCC)CCC. The van der Waals surface area contributed by atoms with Crippen LogP contribution in [0.4, 0.5) is 0 Å². The van der Waals surface area contributed by atoms with Gasteiger partial charge in [-0.25, -0.2) is 0 Å². The minimum atomic E-state index is -0.132. The maximum absolute atomic E-state index is 11.9. The molecule has 0 radical (unpaired) electrons. The smallest absolute Gasteiger partial charge is 0.306 e. The molecule has 0 rings (SSSR count). The van der Waals surface area contributed by atoms with E-state index in [2.05, 4.69) is 20.8 Å². The van der Waals surface area contributed by atoms with Gasteiger partial charge in [0.15, 0.2) is 0 Å². The first-order valence-electron chi connectivity index (χ1n) is 14.5. The van der Waals surface area contributed by atoms with Crippen LogP contribution in [-0.2, 0) is 19.1 Å². The fourth-order valence-corrected chi connectivity index (χ4v) is 4.24. The number of carbonyl (C=O) groups is 2. The van der Waals surface area contributed by atoms with Gasteiger partial charge in [-0.2, -0.15) is 0 Å². The number of hydrogen-bond donors (Lipinski definition) is 0. The molecule has 0 spiro atoms. The third-order valence-corrected chi connectivity index (χ3v) is 6.29. The zero-order chi connectivity index (χ0) is 24.4. The fraction of sp³-hybridized carbons (Fsp3) is 0.931. The molecule has 0 N–H and O–H groups in total. The molecule has 0 aromatic carbocycles. The molecule has 0 atom stereocenters. The lowest BCUT2D eigenvalue weighted by Gasteiger charge is -2.16. The third kappa shape index (κ3) is 23.9. The second-order valence-electron chi connectivity index (χ2n) is 9.71. The van der Waals surface area contributed by atoms with Crippen LogP contribution >= 0.6 is 0 Å². The summed E-state index contributed by atoms with van der Waals surface area (Å²) in [5.41, 5.74) is 0. The van der Waals surface area contributed by atoms with Crippen molar-refractivity contribution in [3.63, 3.8) is 0 Å². The van der Waals surface area contributed by atoms with Crippen LogP contribution in [0.2, 0.25) is 0 Å². The molecule has 33 heavy (non-hydrogen) atoms. The molecule has 4 heteroatoms. The van der Waals surface area contributed by atoms with E-state index in [1.165, 1.54) is 77.0 Å². The molecular formula is C29H56O4. The van der Waals surface area contributed by atoms with E-state index in [4.69, 9.17) is 9.47 Å². The van der Waals surface area contributed by atoms with Crippen LogP contribution in [-0.4, -0.2) is 24.6 Å². The first kappa shape index (κ1) is 31.9. The molecule has 0 fully saturated rings. The molecule has 0 aromatic heterocycles. The highest BCUT2D eigenvalue weighted by molar-refractivity contribution is 5.70. The van der Waals surface area contributed by atoms with E-state index < -0.39 is 0 Å². The van der Waals surface area contributed by atoms with E-state index in [1.807, 2.05) is 0 Å². The predicted molar refractivity (Wildman–Crippen MR) is 139 cm³/mol. The Balaban J connectivity index is 3.38. The van der Waals surface area contributed by atoms with Crippen molar-refractivity contribution in [1.29, 1.82) is 0 Å². The molecule has 4 nitrogen and oxygen atoms in total. The Morgan fingerprint density at radius 2 is 0.939 bits per heavy atom. The molecule has 0 unspecified atom stereocenters. The largest absolute Gasteiger partial charge is 0.466 e. The monoisotopic (exact) mass is 468 g/mol. The van der Waals surface area contributed by atoms with Crippen LogP contribution in [0.5, 0.6) is 0 Å². The van der Waals surface area contributed by atoms with Gasteiger partial charge in [0.2, 0.25) is 0 Å². The quantitative estimate of drug-likeness (QED) is 0.0990. The van der Waals surface area contributed by atoms with Crippen molar-refractivity contribution in [1.82, 2.24) is 0 Å². The minimum absolute atomic E-state index is 0.0579. The Labute approximate surface area is 206 Å². The summed E-state index contributed by atoms with van der Waals surface area (Å²) in [5.74, 6) is -0.259. The Morgan fingerprint density at radius 1 is 0.515 bits per heavy atom. The highest BCUT2D eigenvalue weighted by Crippen LogP contribution is 2.14. The number of hydrogen-bond acceptors (Lipinski definition) is 4. The van der Waals surface area contributed by atoms with Crippen LogP contribution in [0.25, 0.3) is 0 Å². The van der Waals surface area contributed by atoms with E-state index in [9.17, 15) is 9.59 Å². The summed E-state index contributed by atoms with van der Waals surface area (Å²) in [6.45, 7) is 7.03. The van der Waals surface area contributed by atoms with Gasteiger partial charge in [0.05, 0.1) is 6.61 Å². The molecule has 0 aliphatic heterocycles. The van der Waals surface area contributed by atoms with Gasteiger partial charge in [-0.15, -0.1) is 0 Å². The van der Waals surface area contributed by atoms with Crippen molar-refractivity contribution < 1.29 is 19.1 Å². The number of esters is 2. The van der Waals surface area contributed by atoms with Crippen LogP contribution in [0.3, 0.4) is 0 Å². The van der Waals surface area contributed by atoms with E-state index >= 15 is 0 Å². The summed E-state index contributed by atoms with van der Waals surface area (Å²) in [4.78, 5) is 23.8. The van der Waals surface area contributed by atoms with Crippen molar-refractivity contribution in [3.8, 4) is 0 Å². The van der Waals surface area contributed by atoms with Crippen LogP contribution in [0.1, 0.15) is 162 Å². The maximum atomic E-state index is 11.9. The highest BCUT2D eigenvalue weighted by Gasteiger charge is 2.13. The van der Waals surface area contributed by atoms with E-state index in [1.54, 1.807) is 0 Å². The topological polar surface area (TPSA) is 52.6 Å². The lowest BCUT2D eigenvalue weighted by Crippen LogP contribution is -2.17. The van der Waals surface area contributed by atoms with E-state index in [0.717, 1.165) is 38.5 Å². The summed E-state index contributed by atoms with van der Waals surface area (Å²) >= 11 is 0. The Bertz CT molecular complexity index is 429. The molecule has 0 heterocycles. The third-order valence-electron chi connectivity index (χ3n) is 6.29. The summed E-state index contributed by atoms with van der Waals surface area (Å²) in [7, 11) is 0. The molecular weight excluding hydrogens is 412 g/mol. The predicted octanol–water partition coefficient (Wildman–Crippen LogP) is 9.08. The molecule has 0 saturated carbocycles. The van der Waals surface area contributed by atoms with Gasteiger partial charge < -0.3 is 9.47 Å². The first-order chi connectivity index (χ1) is 16.1. The van der Waals surface area contributed by atoms with Gasteiger partial charge in [-0.1, -0.05) is 117 Å². The van der Waals surface area contributed by atoms with E-state index in [-0.39, 0.29) is 18.0 Å². The van der Waals surface area contributed by atoms with Crippen molar-refractivity contribution in [2.45, 2.75) is 168 Å². The van der Waals surface area contributed by atoms with Crippen LogP contribution in [0.15, 0.2) is 0 Å². The number of unbranched alkanes of at least 4 members (excludes halogenated alkanes) is 14. The average Bonchev–Trinajstić information content (AvgIpc) is 2.79. The van der Waals surface area contributed by atoms with Gasteiger partial charge >= 0.3 is 11.9 Å². The fourth-order valence-electron chi connectivity index (χ4n) is 4.24. The van der Waals surface area contributed by atoms with Crippen LogP contribution in [0, 0.1) is 0 Å². The Morgan fingerprint density at radius 3 is 1.39 bits per heavy atom. The van der Waals surface area contributed by atoms with Crippen molar-refractivity contribution in [2.75, 3.05) is 6.61 Å². The maximum Gasteiger partial charge on any atom is 0.306 e. The molecule has 196 valence electrons. The molecule has 0 amide bonds. The molecule has 0 aromatic rings. The number of rotatable bonds is 25. The van der Waals surface area contributed by atoms with Crippen molar-refractivity contribution in [3.05, 3.63) is 0 Å². The lowest BCUT2D eigenvalue weighted by molar-refractivity contribution is -0.150. The van der Waals surface area contributed by atoms with Gasteiger partial charge in [-0.05, 0) is 32.1 Å². The normalized spacial score (nSPS) is 11.2. The molecule has 0 aliphatic carbocycles. The van der Waals surface area contributed by atoms with Gasteiger partial charge in [-0.3, -0.25) is 9.59 Å². The number of ether oxygens (including phenoxy) is 2. The molecule has 0 aliphatic rings. The summed E-state index contributed by atoms with van der Waals surface area (Å²) in [6, 6.07) is 0. The Kier molecular flexibility index (Phi) is 24.7. The standard InChI is InChI=1S/C29H56O4/c1-4-7-8-9-10-11-12-13-14-15-16-17-18-21-26-32-28(30)24-19-20-25-29(31)33-27(22-5-2)23-6-3/h27H,4-26H2,1-3H3. The lowest BCUT2D eigenvalue weighted by atomic mass is 10.0. The second-order valence-corrected chi connectivity index (χ2v) is 9.71. The van der Waals surface area contributed by atoms with Gasteiger partial charge in [0, 0.05) is 12.8 Å². The number of carbonyl (C=O) groups excluding carboxylic acids is 2. The van der Waals surface area contributed by atoms with Crippen molar-refractivity contribution >= 4 is 11.9 Å². The highest BCUT2D eigenvalue weighted by atomic mass is 16.5. The van der Waals surface area contributed by atoms with Crippen molar-refractivity contribution in [2.24, 2.45) is 0 Å². The first-order valence-corrected chi connectivity index (χ1v) is 14.5. The zero-order valence-corrected chi connectivity index (χ0v) is 22.5. The average molecular weight is 469 g/mol. The summed E-state index contributed by atoms with van der Waals surface area (Å²) < 4.78 is 10.9. The zero-order valence-electron chi connectivity index (χ0n) is 22.5. The van der Waals surface area contributed by atoms with Gasteiger partial charge in [0.1, 0.15) is 6.10 Å². The van der Waals surface area contributed by atoms with Crippen LogP contribution < -0.4 is 0 Å². The summed E-state index contributed by atoms with van der Waals surface area (Å²) in [5, 5.41) is 0. The molecule has 0 saturated heterocycles. The van der Waals surface area contributed by atoms with E-state index in [0.29, 0.717) is 32.3 Å². The van der Waals surface area contributed by atoms with Gasteiger partial charge in [0.25, 0.3) is 0 Å². The Hall–Kier alpha value is -1.06. The minimum Gasteiger partial charge on any atom is -0.466 e.